The van der Waals surface area contributed by atoms with E-state index in [0.29, 0.717) is 12.5 Å². The largest absolute Gasteiger partial charge is 0.515 e. The Morgan fingerprint density at radius 1 is 1.62 bits per heavy atom. The van der Waals surface area contributed by atoms with Gasteiger partial charge in [-0.3, -0.25) is 4.79 Å². The Labute approximate surface area is 47.3 Å². The van der Waals surface area contributed by atoms with Crippen LogP contribution < -0.4 is 0 Å². The highest BCUT2D eigenvalue weighted by Crippen LogP contribution is 1.91. The molecule has 0 saturated carbocycles. The van der Waals surface area contributed by atoms with E-state index in [-0.39, 0.29) is 18.6 Å². The summed E-state index contributed by atoms with van der Waals surface area (Å²) >= 11 is 0. The molecule has 0 atom stereocenters. The molecule has 0 rings (SSSR count). The molecule has 3 nitrogen and oxygen atoms in total. The summed E-state index contributed by atoms with van der Waals surface area (Å²) in [4.78, 5) is 9.79. The molecule has 0 aliphatic rings. The third-order valence-corrected chi connectivity index (χ3v) is 0.718. The molecule has 0 aromatic heterocycles. The van der Waals surface area contributed by atoms with Crippen LogP contribution in [-0.4, -0.2) is 23.1 Å². The average Bonchev–Trinajstić information content (AvgIpc) is 1.83. The number of hydrogen-bond donors (Lipinski definition) is 2. The molecule has 0 amide bonds. The fraction of sp³-hybridized carbons (Fsp3) is 0.400. The van der Waals surface area contributed by atoms with Crippen LogP contribution in [0.3, 0.4) is 0 Å². The Morgan fingerprint density at radius 2 is 2.25 bits per heavy atom. The van der Waals surface area contributed by atoms with Gasteiger partial charge in [0.05, 0.1) is 6.26 Å². The molecule has 0 radical (unpaired) electrons. The van der Waals surface area contributed by atoms with Gasteiger partial charge in [-0.05, 0) is 0 Å². The molecule has 0 aliphatic carbocycles. The monoisotopic (exact) mass is 116 g/mol. The Bertz CT molecular complexity index is 95.8. The summed E-state index contributed by atoms with van der Waals surface area (Å²) in [6.45, 7) is -0.106. The minimum Gasteiger partial charge on any atom is -0.515 e. The smallest absolute Gasteiger partial charge is 0.149 e. The molecule has 0 heterocycles. The van der Waals surface area contributed by atoms with Crippen LogP contribution in [0, 0.1) is 0 Å². The van der Waals surface area contributed by atoms with E-state index in [1.54, 1.807) is 0 Å². The second kappa shape index (κ2) is 4.33. The maximum atomic E-state index is 9.79. The van der Waals surface area contributed by atoms with Crippen molar-refractivity contribution in [3.8, 4) is 0 Å². The highest BCUT2D eigenvalue weighted by atomic mass is 16.3. The molecule has 0 aromatic rings. The Kier molecular flexibility index (Phi) is 3.88. The van der Waals surface area contributed by atoms with E-state index in [9.17, 15) is 4.79 Å². The Morgan fingerprint density at radius 3 is 2.38 bits per heavy atom. The lowest BCUT2D eigenvalue weighted by Gasteiger charge is -1.88. The van der Waals surface area contributed by atoms with Crippen LogP contribution in [0.5, 0.6) is 0 Å². The minimum absolute atomic E-state index is 0.106. The number of aliphatic hydroxyl groups is 2. The standard InChI is InChI=1S/C5H8O3/c6-2-1-5(3-7)4-8/h3-4,6-7H,1-2H2. The van der Waals surface area contributed by atoms with Crippen LogP contribution in [-0.2, 0) is 4.79 Å². The van der Waals surface area contributed by atoms with Gasteiger partial charge in [0, 0.05) is 18.6 Å². The second-order valence-corrected chi connectivity index (χ2v) is 1.30. The Balaban J connectivity index is 3.54. The van der Waals surface area contributed by atoms with Crippen LogP contribution in [0.1, 0.15) is 6.42 Å². The van der Waals surface area contributed by atoms with E-state index >= 15 is 0 Å². The van der Waals surface area contributed by atoms with Crippen LogP contribution in [0.15, 0.2) is 11.8 Å². The molecule has 0 fully saturated rings. The lowest BCUT2D eigenvalue weighted by molar-refractivity contribution is -0.105. The zero-order valence-electron chi connectivity index (χ0n) is 4.37. The van der Waals surface area contributed by atoms with Gasteiger partial charge in [0.15, 0.2) is 0 Å². The van der Waals surface area contributed by atoms with Crippen molar-refractivity contribution in [2.24, 2.45) is 0 Å². The van der Waals surface area contributed by atoms with E-state index in [2.05, 4.69) is 0 Å². The molecule has 46 valence electrons. The van der Waals surface area contributed by atoms with Gasteiger partial charge in [-0.1, -0.05) is 0 Å². The third-order valence-electron chi connectivity index (χ3n) is 0.718. The number of aliphatic hydroxyl groups excluding tert-OH is 2. The van der Waals surface area contributed by atoms with E-state index in [1.807, 2.05) is 0 Å². The zero-order valence-corrected chi connectivity index (χ0v) is 4.37. The second-order valence-electron chi connectivity index (χ2n) is 1.30. The molecule has 0 bridgehead atoms. The van der Waals surface area contributed by atoms with Gasteiger partial charge in [-0.25, -0.2) is 0 Å². The Hall–Kier alpha value is -0.830. The van der Waals surface area contributed by atoms with Crippen LogP contribution in [0.2, 0.25) is 0 Å². The highest BCUT2D eigenvalue weighted by Gasteiger charge is 1.90. The van der Waals surface area contributed by atoms with Crippen LogP contribution >= 0.6 is 0 Å². The summed E-state index contributed by atoms with van der Waals surface area (Å²) in [5, 5.41) is 16.3. The highest BCUT2D eigenvalue weighted by molar-refractivity contribution is 5.72. The summed E-state index contributed by atoms with van der Waals surface area (Å²) in [6, 6.07) is 0. The van der Waals surface area contributed by atoms with Crippen LogP contribution in [0.25, 0.3) is 0 Å². The van der Waals surface area contributed by atoms with Crippen molar-refractivity contribution in [3.05, 3.63) is 11.8 Å². The normalized spacial score (nSPS) is 11.4. The van der Waals surface area contributed by atoms with E-state index in [4.69, 9.17) is 10.2 Å². The van der Waals surface area contributed by atoms with Gasteiger partial charge in [-0.15, -0.1) is 0 Å². The molecule has 2 N–H and O–H groups in total. The molecule has 0 unspecified atom stereocenters. The van der Waals surface area contributed by atoms with Crippen molar-refractivity contribution >= 4 is 6.29 Å². The SMILES string of the molecule is O=CC(=CO)CCO. The lowest BCUT2D eigenvalue weighted by atomic mass is 10.2. The van der Waals surface area contributed by atoms with Gasteiger partial charge >= 0.3 is 0 Å². The van der Waals surface area contributed by atoms with Crippen molar-refractivity contribution < 1.29 is 15.0 Å². The van der Waals surface area contributed by atoms with Crippen molar-refractivity contribution in [2.75, 3.05) is 6.61 Å². The summed E-state index contributed by atoms with van der Waals surface area (Å²) in [7, 11) is 0. The molecule has 0 saturated heterocycles. The van der Waals surface area contributed by atoms with Gasteiger partial charge < -0.3 is 10.2 Å². The average molecular weight is 116 g/mol. The maximum absolute atomic E-state index is 9.79. The number of aldehydes is 1. The number of carbonyl (C=O) groups excluding carboxylic acids is 1. The molecule has 0 aliphatic heterocycles. The summed E-state index contributed by atoms with van der Waals surface area (Å²) < 4.78 is 0. The third kappa shape index (κ3) is 2.36. The van der Waals surface area contributed by atoms with Gasteiger partial charge in [-0.2, -0.15) is 0 Å². The first-order valence-corrected chi connectivity index (χ1v) is 2.24. The first-order valence-electron chi connectivity index (χ1n) is 2.24. The van der Waals surface area contributed by atoms with Gasteiger partial charge in [0.2, 0.25) is 0 Å². The summed E-state index contributed by atoms with van der Waals surface area (Å²) in [5.74, 6) is 0. The number of rotatable bonds is 3. The van der Waals surface area contributed by atoms with Crippen molar-refractivity contribution in [3.63, 3.8) is 0 Å². The fourth-order valence-corrected chi connectivity index (χ4v) is 0.283. The predicted molar refractivity (Wildman–Crippen MR) is 28.5 cm³/mol. The molecule has 0 spiro atoms. The van der Waals surface area contributed by atoms with Gasteiger partial charge in [0.1, 0.15) is 6.29 Å². The van der Waals surface area contributed by atoms with Crippen molar-refractivity contribution in [2.45, 2.75) is 6.42 Å². The fourth-order valence-electron chi connectivity index (χ4n) is 0.283. The number of hydrogen-bond acceptors (Lipinski definition) is 3. The summed E-state index contributed by atoms with van der Waals surface area (Å²) in [5.41, 5.74) is 0.215. The van der Waals surface area contributed by atoms with E-state index < -0.39 is 0 Å². The van der Waals surface area contributed by atoms with Crippen molar-refractivity contribution in [1.82, 2.24) is 0 Å². The maximum Gasteiger partial charge on any atom is 0.149 e. The quantitative estimate of drug-likeness (QED) is 0.310. The zero-order chi connectivity index (χ0) is 6.41. The first kappa shape index (κ1) is 7.17. The lowest BCUT2D eigenvalue weighted by Crippen LogP contribution is -1.88. The molecule has 3 heteroatoms. The number of carbonyl (C=O) groups is 1. The minimum atomic E-state index is -0.106. The first-order chi connectivity index (χ1) is 3.85. The van der Waals surface area contributed by atoms with E-state index in [0.717, 1.165) is 0 Å². The van der Waals surface area contributed by atoms with Crippen molar-refractivity contribution in [1.29, 1.82) is 0 Å². The van der Waals surface area contributed by atoms with Gasteiger partial charge in [0.25, 0.3) is 0 Å². The molecule has 0 aromatic carbocycles. The van der Waals surface area contributed by atoms with E-state index in [1.165, 1.54) is 0 Å². The molecular formula is C5H8O3. The topological polar surface area (TPSA) is 57.5 Å². The molecule has 8 heavy (non-hydrogen) atoms. The molecular weight excluding hydrogens is 108 g/mol. The predicted octanol–water partition coefficient (Wildman–Crippen LogP) is 0.00960. The summed E-state index contributed by atoms with van der Waals surface area (Å²) in [6.07, 6.45) is 1.43. The van der Waals surface area contributed by atoms with Crippen LogP contribution in [0.4, 0.5) is 0 Å².